The highest BCUT2D eigenvalue weighted by Gasteiger charge is 2.34. The maximum Gasteiger partial charge on any atom is 0.435 e. The van der Waals surface area contributed by atoms with Crippen LogP contribution in [-0.2, 0) is 4.79 Å². The standard InChI is InChI=1S/C24H24F4N2O.CH3NO/c1-2-3-4-5-6-7-16-29-30-23(24(26,27)28)15-10-18-8-11-19(12-9-18)20-13-14-22(31)21(25)17-20;2-1-3/h4-15,17,29,31H,2-3,16H2,1H3;1H,(H2,2,3)/b5-4-,7-6-,15-10+,30-23+;. The van der Waals surface area contributed by atoms with Gasteiger partial charge in [0.15, 0.2) is 17.3 Å². The maximum atomic E-state index is 13.5. The van der Waals surface area contributed by atoms with E-state index in [4.69, 9.17) is 4.79 Å². The Morgan fingerprint density at radius 3 is 2.29 bits per heavy atom. The molecule has 2 aromatic rings. The van der Waals surface area contributed by atoms with Crippen LogP contribution in [-0.4, -0.2) is 29.9 Å². The molecule has 0 heterocycles. The summed E-state index contributed by atoms with van der Waals surface area (Å²) in [6.45, 7) is 2.23. The maximum absolute atomic E-state index is 13.5. The summed E-state index contributed by atoms with van der Waals surface area (Å²) < 4.78 is 53.0. The topological polar surface area (TPSA) is 87.7 Å². The van der Waals surface area contributed by atoms with Crippen molar-refractivity contribution in [3.05, 3.63) is 84.2 Å². The van der Waals surface area contributed by atoms with Gasteiger partial charge in [-0.15, -0.1) is 0 Å². The van der Waals surface area contributed by atoms with E-state index in [-0.39, 0.29) is 13.0 Å². The third kappa shape index (κ3) is 10.6. The number of aromatic hydroxyl groups is 1. The van der Waals surface area contributed by atoms with Gasteiger partial charge in [0.25, 0.3) is 0 Å². The van der Waals surface area contributed by atoms with Gasteiger partial charge in [-0.05, 0) is 41.3 Å². The van der Waals surface area contributed by atoms with E-state index in [9.17, 15) is 22.7 Å². The van der Waals surface area contributed by atoms with E-state index >= 15 is 0 Å². The van der Waals surface area contributed by atoms with Crippen LogP contribution in [0.15, 0.2) is 77.9 Å². The highest BCUT2D eigenvalue weighted by Crippen LogP contribution is 2.25. The predicted molar refractivity (Wildman–Crippen MR) is 127 cm³/mol. The molecule has 4 N–H and O–H groups in total. The van der Waals surface area contributed by atoms with Crippen LogP contribution < -0.4 is 11.2 Å². The van der Waals surface area contributed by atoms with E-state index in [1.165, 1.54) is 18.2 Å². The van der Waals surface area contributed by atoms with Crippen LogP contribution in [0.5, 0.6) is 5.75 Å². The molecule has 0 aliphatic rings. The largest absolute Gasteiger partial charge is 0.505 e. The van der Waals surface area contributed by atoms with Crippen molar-refractivity contribution in [1.29, 1.82) is 0 Å². The van der Waals surface area contributed by atoms with Crippen LogP contribution >= 0.6 is 0 Å². The molecule has 0 unspecified atom stereocenters. The van der Waals surface area contributed by atoms with Gasteiger partial charge in [-0.2, -0.15) is 18.3 Å². The number of rotatable bonds is 9. The summed E-state index contributed by atoms with van der Waals surface area (Å²) >= 11 is 0. The van der Waals surface area contributed by atoms with Crippen molar-refractivity contribution in [2.24, 2.45) is 10.8 Å². The monoisotopic (exact) mass is 477 g/mol. The molecule has 0 atom stereocenters. The van der Waals surface area contributed by atoms with Crippen LogP contribution in [0, 0.1) is 5.82 Å². The van der Waals surface area contributed by atoms with Gasteiger partial charge in [0.05, 0.1) is 6.54 Å². The number of hydrazone groups is 1. The Morgan fingerprint density at radius 1 is 1.09 bits per heavy atom. The minimum absolute atomic E-state index is 0.168. The number of carbonyl (C=O) groups excluding carboxylic acids is 1. The van der Waals surface area contributed by atoms with E-state index in [0.717, 1.165) is 18.9 Å². The molecule has 2 aromatic carbocycles. The number of allylic oxidation sites excluding steroid dienone is 4. The first-order valence-electron chi connectivity index (χ1n) is 10.3. The molecule has 0 bridgehead atoms. The fraction of sp³-hybridized carbons (Fsp3) is 0.200. The second kappa shape index (κ2) is 15.0. The van der Waals surface area contributed by atoms with E-state index in [0.29, 0.717) is 16.7 Å². The summed E-state index contributed by atoms with van der Waals surface area (Å²) in [6.07, 6.45) is 7.09. The lowest BCUT2D eigenvalue weighted by atomic mass is 10.0. The van der Waals surface area contributed by atoms with E-state index < -0.39 is 23.5 Å². The fourth-order valence-electron chi connectivity index (χ4n) is 2.52. The molecule has 0 aromatic heterocycles. The van der Waals surface area contributed by atoms with Gasteiger partial charge in [-0.3, -0.25) is 4.79 Å². The van der Waals surface area contributed by atoms with Crippen LogP contribution in [0.1, 0.15) is 25.3 Å². The number of benzene rings is 2. The number of hydrogen-bond donors (Lipinski definition) is 3. The second-order valence-corrected chi connectivity index (χ2v) is 6.76. The number of halogens is 4. The molecule has 34 heavy (non-hydrogen) atoms. The van der Waals surface area contributed by atoms with Crippen LogP contribution in [0.25, 0.3) is 17.2 Å². The summed E-state index contributed by atoms with van der Waals surface area (Å²) in [5.74, 6) is -1.19. The number of unbranched alkanes of at least 4 members (excludes halogenated alkanes) is 1. The van der Waals surface area contributed by atoms with Crippen molar-refractivity contribution < 1.29 is 27.5 Å². The molecular weight excluding hydrogens is 450 g/mol. The number of phenolic OH excluding ortho intramolecular Hbond substituents is 1. The fourth-order valence-corrected chi connectivity index (χ4v) is 2.52. The number of hydrogen-bond acceptors (Lipinski definition) is 4. The van der Waals surface area contributed by atoms with Crippen molar-refractivity contribution in [3.8, 4) is 16.9 Å². The van der Waals surface area contributed by atoms with E-state index in [2.05, 4.69) is 23.2 Å². The Hall–Kier alpha value is -3.88. The average Bonchev–Trinajstić information content (AvgIpc) is 2.79. The first kappa shape index (κ1) is 28.2. The number of alkyl halides is 3. The quantitative estimate of drug-likeness (QED) is 0.108. The highest BCUT2D eigenvalue weighted by atomic mass is 19.4. The molecule has 0 spiro atoms. The Morgan fingerprint density at radius 2 is 1.71 bits per heavy atom. The number of nitrogens with one attached hydrogen (secondary N) is 1. The van der Waals surface area contributed by atoms with Crippen molar-refractivity contribution >= 4 is 18.2 Å². The minimum atomic E-state index is -4.60. The van der Waals surface area contributed by atoms with Gasteiger partial charge in [-0.1, -0.05) is 74.1 Å². The van der Waals surface area contributed by atoms with Gasteiger partial charge >= 0.3 is 6.18 Å². The normalized spacial score (nSPS) is 12.2. The molecule has 0 fully saturated rings. The zero-order valence-corrected chi connectivity index (χ0v) is 18.6. The van der Waals surface area contributed by atoms with Gasteiger partial charge in [-0.25, -0.2) is 4.39 Å². The Kier molecular flexibility index (Phi) is 12.5. The van der Waals surface area contributed by atoms with Crippen molar-refractivity contribution in [3.63, 3.8) is 0 Å². The summed E-state index contributed by atoms with van der Waals surface area (Å²) in [5.41, 5.74) is 7.26. The van der Waals surface area contributed by atoms with Gasteiger partial charge in [0.2, 0.25) is 6.41 Å². The van der Waals surface area contributed by atoms with Crippen LogP contribution in [0.3, 0.4) is 0 Å². The predicted octanol–water partition coefficient (Wildman–Crippen LogP) is 5.73. The molecule has 9 heteroatoms. The molecule has 1 amide bonds. The molecule has 0 radical (unpaired) electrons. The Labute approximate surface area is 196 Å². The Bertz CT molecular complexity index is 1010. The zero-order chi connectivity index (χ0) is 25.4. The molecule has 0 saturated heterocycles. The first-order valence-corrected chi connectivity index (χ1v) is 10.3. The number of nitrogens with zero attached hydrogens (tertiary/aromatic N) is 1. The van der Waals surface area contributed by atoms with E-state index in [1.54, 1.807) is 42.5 Å². The summed E-state index contributed by atoms with van der Waals surface area (Å²) in [5, 5.41) is 12.7. The van der Waals surface area contributed by atoms with Gasteiger partial charge < -0.3 is 16.3 Å². The zero-order valence-electron chi connectivity index (χ0n) is 18.6. The minimum Gasteiger partial charge on any atom is -0.505 e. The molecule has 182 valence electrons. The number of primary amides is 1. The van der Waals surface area contributed by atoms with Crippen LogP contribution in [0.4, 0.5) is 17.6 Å². The lowest BCUT2D eigenvalue weighted by Gasteiger charge is -2.07. The summed E-state index contributed by atoms with van der Waals surface area (Å²) in [4.78, 5) is 8.58. The third-order valence-electron chi connectivity index (χ3n) is 4.16. The van der Waals surface area contributed by atoms with Gasteiger partial charge in [0, 0.05) is 0 Å². The van der Waals surface area contributed by atoms with Crippen molar-refractivity contribution in [1.82, 2.24) is 5.43 Å². The number of amides is 1. The SMILES string of the molecule is CCC/C=C\C=C/CN/N=C(\C=C\c1ccc(-c2ccc(O)c(F)c2)cc1)C(F)(F)F.NC=O. The molecule has 0 aliphatic heterocycles. The van der Waals surface area contributed by atoms with Crippen molar-refractivity contribution in [2.45, 2.75) is 25.9 Å². The smallest absolute Gasteiger partial charge is 0.435 e. The van der Waals surface area contributed by atoms with Crippen LogP contribution in [0.2, 0.25) is 0 Å². The van der Waals surface area contributed by atoms with Crippen molar-refractivity contribution in [2.75, 3.05) is 6.54 Å². The molecule has 0 saturated carbocycles. The summed E-state index contributed by atoms with van der Waals surface area (Å²) in [7, 11) is 0. The molecule has 0 aliphatic carbocycles. The number of phenols is 1. The molecule has 2 rings (SSSR count). The number of nitrogens with two attached hydrogens (primary N) is 1. The number of carbonyl (C=O) groups is 1. The Balaban J connectivity index is 0.00000182. The first-order chi connectivity index (χ1) is 16.2. The lowest BCUT2D eigenvalue weighted by Crippen LogP contribution is -2.24. The second-order valence-electron chi connectivity index (χ2n) is 6.76. The highest BCUT2D eigenvalue weighted by molar-refractivity contribution is 6.02. The summed E-state index contributed by atoms with van der Waals surface area (Å²) in [6, 6.07) is 10.5. The average molecular weight is 478 g/mol. The van der Waals surface area contributed by atoms with E-state index in [1.807, 2.05) is 12.2 Å². The van der Waals surface area contributed by atoms with Gasteiger partial charge in [0.1, 0.15) is 0 Å². The molecular formula is C25H27F4N3O2. The third-order valence-corrected chi connectivity index (χ3v) is 4.16. The lowest BCUT2D eigenvalue weighted by molar-refractivity contribution is -0.106. The molecule has 5 nitrogen and oxygen atoms in total.